The predicted octanol–water partition coefficient (Wildman–Crippen LogP) is 12.7. The molecule has 8 aromatic rings. The van der Waals surface area contributed by atoms with Crippen LogP contribution in [0.5, 0.6) is 0 Å². The van der Waals surface area contributed by atoms with Crippen molar-refractivity contribution in [3.05, 3.63) is 192 Å². The molecule has 46 heavy (non-hydrogen) atoms. The fourth-order valence-electron chi connectivity index (χ4n) is 5.88. The first-order chi connectivity index (χ1) is 22.5. The first kappa shape index (κ1) is 32.1. The maximum Gasteiger partial charge on any atom is -0.0623 e. The molecule has 8 aromatic carbocycles. The minimum atomic E-state index is -2.44. The van der Waals surface area contributed by atoms with Gasteiger partial charge in [0.25, 0.3) is 0 Å². The van der Waals surface area contributed by atoms with Gasteiger partial charge in [0.15, 0.2) is 0 Å². The van der Waals surface area contributed by atoms with E-state index in [4.69, 9.17) is 17.0 Å². The largest absolute Gasteiger partial charge is 0.150 e. The quantitative estimate of drug-likeness (QED) is 0.160. The van der Waals surface area contributed by atoms with Crippen molar-refractivity contribution >= 4 is 52.5 Å². The number of aryl methyl sites for hydroxylation is 2. The van der Waals surface area contributed by atoms with Crippen molar-refractivity contribution < 1.29 is 18.9 Å². The van der Waals surface area contributed by atoms with Crippen LogP contribution in [0.2, 0.25) is 0 Å². The van der Waals surface area contributed by atoms with Crippen molar-refractivity contribution in [2.45, 2.75) is 13.8 Å². The van der Waals surface area contributed by atoms with E-state index in [0.717, 1.165) is 14.3 Å². The van der Waals surface area contributed by atoms with Gasteiger partial charge in [-0.05, 0) is 13.8 Å². The normalized spacial score (nSPS) is 10.6. The monoisotopic (exact) mass is 710 g/mol. The van der Waals surface area contributed by atoms with Crippen molar-refractivity contribution in [1.29, 1.82) is 0 Å². The van der Waals surface area contributed by atoms with Gasteiger partial charge in [-0.2, -0.15) is 0 Å². The summed E-state index contributed by atoms with van der Waals surface area (Å²) in [5.74, 6) is 0. The molecule has 0 amide bonds. The Balaban J connectivity index is 0.000000121. The average molecular weight is 713 g/mol. The molecule has 0 fully saturated rings. The Hall–Kier alpha value is -3.87. The van der Waals surface area contributed by atoms with Gasteiger partial charge in [0, 0.05) is 0 Å². The van der Waals surface area contributed by atoms with E-state index in [1.807, 2.05) is 36.4 Å². The summed E-state index contributed by atoms with van der Waals surface area (Å²) < 4.78 is 1.15. The smallest absolute Gasteiger partial charge is 0.0623 e. The number of fused-ring (bicyclic) bond motifs is 4. The molecule has 0 spiro atoms. The summed E-state index contributed by atoms with van der Waals surface area (Å²) in [6.45, 7) is 4.28. The number of rotatable bonds is 3. The fraction of sp³-hybridized carbons (Fsp3) is 0.0465. The van der Waals surface area contributed by atoms with Crippen molar-refractivity contribution in [2.24, 2.45) is 0 Å². The maximum absolute atomic E-state index is 6.24. The Kier molecular flexibility index (Phi) is 10.6. The predicted molar refractivity (Wildman–Crippen MR) is 199 cm³/mol. The molecule has 0 aliphatic carbocycles. The van der Waals surface area contributed by atoms with Crippen LogP contribution in [-0.2, 0) is 18.9 Å². The molecule has 3 heteroatoms. The molecule has 0 atom stereocenters. The summed E-state index contributed by atoms with van der Waals surface area (Å²) in [4.78, 5) is 0. The SMILES string of the molecule is Cc1ccc2c(c1)[cH-]c1cc(C)ccc12.[Cl][Zr]([Cl])=[C](c1ccccc1)c1ccccc1.c1ccc(-c2c[cH-]c3ccccc23)cc1. The van der Waals surface area contributed by atoms with Crippen molar-refractivity contribution in [1.82, 2.24) is 0 Å². The Morgan fingerprint density at radius 3 is 1.50 bits per heavy atom. The van der Waals surface area contributed by atoms with Crippen LogP contribution in [0.1, 0.15) is 22.3 Å². The molecule has 0 radical (unpaired) electrons. The zero-order valence-electron chi connectivity index (χ0n) is 25.9. The summed E-state index contributed by atoms with van der Waals surface area (Å²) in [7, 11) is 12.5. The summed E-state index contributed by atoms with van der Waals surface area (Å²) in [5, 5.41) is 8.11. The summed E-state index contributed by atoms with van der Waals surface area (Å²) in [6, 6.07) is 59.3. The van der Waals surface area contributed by atoms with Gasteiger partial charge in [-0.3, -0.25) is 0 Å². The van der Waals surface area contributed by atoms with Crippen LogP contribution in [0.3, 0.4) is 0 Å². The summed E-state index contributed by atoms with van der Waals surface area (Å²) in [6.07, 6.45) is 0. The van der Waals surface area contributed by atoms with Crippen LogP contribution >= 0.6 is 17.0 Å². The molecule has 0 saturated carbocycles. The first-order valence-corrected chi connectivity index (χ1v) is 23.0. The number of hydrogen-bond acceptors (Lipinski definition) is 0. The van der Waals surface area contributed by atoms with Crippen molar-refractivity contribution in [3.8, 4) is 11.1 Å². The molecule has 0 saturated heterocycles. The van der Waals surface area contributed by atoms with Crippen LogP contribution in [0.15, 0.2) is 170 Å². The van der Waals surface area contributed by atoms with Crippen LogP contribution in [0, 0.1) is 13.8 Å². The van der Waals surface area contributed by atoms with E-state index in [1.165, 1.54) is 54.6 Å². The molecule has 0 unspecified atom stereocenters. The molecule has 0 aliphatic rings. The molecule has 0 heterocycles. The molecule has 0 aromatic heterocycles. The third-order valence-electron chi connectivity index (χ3n) is 8.09. The molecule has 8 rings (SSSR count). The zero-order chi connectivity index (χ0) is 31.9. The van der Waals surface area contributed by atoms with Crippen LogP contribution in [-0.4, -0.2) is 3.21 Å². The Bertz CT molecular complexity index is 2120. The fourth-order valence-corrected chi connectivity index (χ4v) is 10.3. The van der Waals surface area contributed by atoms with E-state index >= 15 is 0 Å². The summed E-state index contributed by atoms with van der Waals surface area (Å²) >= 11 is -2.44. The van der Waals surface area contributed by atoms with Gasteiger partial charge >= 0.3 is 111 Å². The summed E-state index contributed by atoms with van der Waals surface area (Å²) in [5.41, 5.74) is 7.56. The molecule has 0 nitrogen and oxygen atoms in total. The first-order valence-electron chi connectivity index (χ1n) is 15.4. The topological polar surface area (TPSA) is 0 Å². The van der Waals surface area contributed by atoms with Gasteiger partial charge in [0.1, 0.15) is 0 Å². The minimum absolute atomic E-state index is 1.15. The van der Waals surface area contributed by atoms with E-state index in [1.54, 1.807) is 0 Å². The van der Waals surface area contributed by atoms with Gasteiger partial charge in [-0.15, -0.1) is 86.4 Å². The molecule has 0 N–H and O–H groups in total. The van der Waals surface area contributed by atoms with Gasteiger partial charge in [0.05, 0.1) is 0 Å². The van der Waals surface area contributed by atoms with Crippen LogP contribution in [0.4, 0.5) is 0 Å². The average Bonchev–Trinajstić information content (AvgIpc) is 3.67. The molecular weight excluding hydrogens is 679 g/mol. The zero-order valence-corrected chi connectivity index (χ0v) is 29.9. The number of benzene rings is 6. The number of hydrogen-bond donors (Lipinski definition) is 0. The van der Waals surface area contributed by atoms with E-state index < -0.39 is 18.9 Å². The van der Waals surface area contributed by atoms with Crippen LogP contribution < -0.4 is 0 Å². The second-order valence-electron chi connectivity index (χ2n) is 11.4. The second kappa shape index (κ2) is 15.1. The molecular formula is C43H34Cl2Zr-2. The second-order valence-corrected chi connectivity index (χ2v) is 19.5. The Labute approximate surface area is 286 Å². The van der Waals surface area contributed by atoms with Gasteiger partial charge < -0.3 is 0 Å². The Morgan fingerprint density at radius 2 is 0.978 bits per heavy atom. The van der Waals surface area contributed by atoms with E-state index in [0.29, 0.717) is 0 Å². The van der Waals surface area contributed by atoms with Gasteiger partial charge in [-0.25, -0.2) is 0 Å². The third kappa shape index (κ3) is 7.57. The standard InChI is InChI=1S/C15H13.C15H11.C13H10.2ClH.Zr/c1-10-3-5-14-12(7-10)9-13-8-11(2)4-6-15(13)14;1-2-6-12(7-3-1)15-11-10-13-8-4-5-9-14(13)15;1-3-7-12(8-4-1)11-13-9-5-2-6-10-13;;;/h3-9H,1-2H3;1-11H;1-10H;2*1H;/q2*-1;;;;+2/p-2. The Morgan fingerprint density at radius 1 is 0.500 bits per heavy atom. The van der Waals surface area contributed by atoms with Gasteiger partial charge in [-0.1, -0.05) is 77.4 Å². The van der Waals surface area contributed by atoms with Crippen molar-refractivity contribution in [2.75, 3.05) is 0 Å². The molecule has 226 valence electrons. The van der Waals surface area contributed by atoms with E-state index in [2.05, 4.69) is 147 Å². The van der Waals surface area contributed by atoms with Gasteiger partial charge in [0.2, 0.25) is 0 Å². The van der Waals surface area contributed by atoms with E-state index in [-0.39, 0.29) is 0 Å². The minimum Gasteiger partial charge on any atom is -0.150 e. The molecule has 0 bridgehead atoms. The van der Waals surface area contributed by atoms with E-state index in [9.17, 15) is 0 Å². The van der Waals surface area contributed by atoms with Crippen LogP contribution in [0.25, 0.3) is 43.4 Å². The third-order valence-corrected chi connectivity index (χ3v) is 12.7. The molecule has 0 aliphatic heterocycles. The van der Waals surface area contributed by atoms with Crippen molar-refractivity contribution in [3.63, 3.8) is 0 Å². The number of halogens is 2. The maximum atomic E-state index is 6.24.